The van der Waals surface area contributed by atoms with Crippen molar-refractivity contribution in [3.63, 3.8) is 0 Å². The number of hydrogen-bond donors (Lipinski definition) is 3. The highest BCUT2D eigenvalue weighted by molar-refractivity contribution is 6.30. The van der Waals surface area contributed by atoms with Gasteiger partial charge in [0.15, 0.2) is 0 Å². The summed E-state index contributed by atoms with van der Waals surface area (Å²) >= 11 is 5.98. The van der Waals surface area contributed by atoms with Gasteiger partial charge in [0.05, 0.1) is 5.71 Å². The van der Waals surface area contributed by atoms with Gasteiger partial charge in [0, 0.05) is 27.1 Å². The number of phenols is 1. The van der Waals surface area contributed by atoms with Crippen LogP contribution in [-0.2, 0) is 0 Å². The summed E-state index contributed by atoms with van der Waals surface area (Å²) in [6, 6.07) is 23.2. The number of nitrogens with zero attached hydrogens (tertiary/aromatic N) is 1. The molecular formula is C22H16ClN3O2. The normalized spacial score (nSPS) is 11.5. The van der Waals surface area contributed by atoms with Crippen molar-refractivity contribution in [2.45, 2.75) is 0 Å². The molecule has 4 rings (SSSR count). The molecule has 0 saturated heterocycles. The molecule has 0 aliphatic rings. The Bertz CT molecular complexity index is 1080. The van der Waals surface area contributed by atoms with Crippen LogP contribution < -0.4 is 5.43 Å². The minimum absolute atomic E-state index is 0.154. The number of rotatable bonds is 4. The van der Waals surface area contributed by atoms with Crippen molar-refractivity contribution >= 4 is 34.1 Å². The van der Waals surface area contributed by atoms with Crippen LogP contribution >= 0.6 is 11.6 Å². The molecule has 6 heteroatoms. The van der Waals surface area contributed by atoms with Crippen LogP contribution in [0.5, 0.6) is 5.75 Å². The van der Waals surface area contributed by atoms with E-state index in [0.29, 0.717) is 16.4 Å². The fourth-order valence-electron chi connectivity index (χ4n) is 2.89. The van der Waals surface area contributed by atoms with Crippen molar-refractivity contribution in [3.05, 3.63) is 101 Å². The van der Waals surface area contributed by atoms with Gasteiger partial charge in [0.25, 0.3) is 5.91 Å². The third-order valence-electron chi connectivity index (χ3n) is 4.30. The Hall–Kier alpha value is -3.57. The highest BCUT2D eigenvalue weighted by atomic mass is 35.5. The number of hydrazone groups is 1. The minimum atomic E-state index is -0.346. The molecule has 0 spiro atoms. The number of H-pyrrole nitrogens is 1. The second kappa shape index (κ2) is 7.58. The highest BCUT2D eigenvalue weighted by Gasteiger charge is 2.12. The number of aromatic nitrogens is 1. The standard InChI is InChI=1S/C22H16ClN3O2/c23-17-9-5-14(6-10-17)21(15-7-11-18(27)12-8-15)25-26-22(28)20-13-16-3-1-2-4-19(16)24-20/h1-13,24,27H,(H,26,28)/b25-21+. The number of aromatic amines is 1. The predicted octanol–water partition coefficient (Wildman–Crippen LogP) is 4.71. The van der Waals surface area contributed by atoms with Crippen molar-refractivity contribution in [1.82, 2.24) is 10.4 Å². The van der Waals surface area contributed by atoms with Crippen molar-refractivity contribution in [2.24, 2.45) is 5.10 Å². The smallest absolute Gasteiger partial charge is 0.287 e. The number of para-hydroxylation sites is 1. The lowest BCUT2D eigenvalue weighted by atomic mass is 10.0. The van der Waals surface area contributed by atoms with Crippen molar-refractivity contribution in [3.8, 4) is 5.75 Å². The van der Waals surface area contributed by atoms with Gasteiger partial charge in [-0.05, 0) is 48.5 Å². The first-order valence-corrected chi connectivity index (χ1v) is 8.99. The molecular weight excluding hydrogens is 374 g/mol. The molecule has 1 amide bonds. The number of hydrogen-bond acceptors (Lipinski definition) is 3. The Morgan fingerprint density at radius 3 is 2.25 bits per heavy atom. The van der Waals surface area contributed by atoms with Gasteiger partial charge in [-0.25, -0.2) is 5.43 Å². The third kappa shape index (κ3) is 3.75. The summed E-state index contributed by atoms with van der Waals surface area (Å²) < 4.78 is 0. The van der Waals surface area contributed by atoms with E-state index >= 15 is 0 Å². The molecule has 0 radical (unpaired) electrons. The van der Waals surface area contributed by atoms with Gasteiger partial charge in [0.2, 0.25) is 0 Å². The number of halogens is 1. The lowest BCUT2D eigenvalue weighted by molar-refractivity contribution is 0.0951. The zero-order valence-corrected chi connectivity index (χ0v) is 15.4. The molecule has 0 atom stereocenters. The number of benzene rings is 3. The number of amides is 1. The maximum Gasteiger partial charge on any atom is 0.287 e. The maximum absolute atomic E-state index is 12.6. The largest absolute Gasteiger partial charge is 0.508 e. The van der Waals surface area contributed by atoms with Crippen LogP contribution in [0, 0.1) is 0 Å². The zero-order chi connectivity index (χ0) is 19.5. The highest BCUT2D eigenvalue weighted by Crippen LogP contribution is 2.18. The molecule has 0 unspecified atom stereocenters. The van der Waals surface area contributed by atoms with Gasteiger partial charge in [-0.2, -0.15) is 5.10 Å². The Morgan fingerprint density at radius 2 is 1.57 bits per heavy atom. The average molecular weight is 390 g/mol. The van der Waals surface area contributed by atoms with E-state index in [2.05, 4.69) is 15.5 Å². The lowest BCUT2D eigenvalue weighted by Gasteiger charge is -2.08. The van der Waals surface area contributed by atoms with Crippen LogP contribution in [0.1, 0.15) is 21.6 Å². The first kappa shape index (κ1) is 17.8. The van der Waals surface area contributed by atoms with Crippen molar-refractivity contribution < 1.29 is 9.90 Å². The van der Waals surface area contributed by atoms with Gasteiger partial charge in [0.1, 0.15) is 11.4 Å². The molecule has 1 aromatic heterocycles. The van der Waals surface area contributed by atoms with Gasteiger partial charge in [-0.3, -0.25) is 4.79 Å². The Kier molecular flexibility index (Phi) is 4.83. The van der Waals surface area contributed by atoms with E-state index in [1.807, 2.05) is 36.4 Å². The summed E-state index contributed by atoms with van der Waals surface area (Å²) in [5.74, 6) is -0.192. The quantitative estimate of drug-likeness (QED) is 0.349. The first-order valence-electron chi connectivity index (χ1n) is 8.61. The number of nitrogens with one attached hydrogen (secondary N) is 2. The summed E-state index contributed by atoms with van der Waals surface area (Å²) in [5, 5.41) is 15.5. The Balaban J connectivity index is 1.67. The second-order valence-corrected chi connectivity index (χ2v) is 6.66. The summed E-state index contributed by atoms with van der Waals surface area (Å²) in [7, 11) is 0. The van der Waals surface area contributed by atoms with Crippen LogP contribution in [0.4, 0.5) is 0 Å². The number of aromatic hydroxyl groups is 1. The molecule has 0 aliphatic carbocycles. The van der Waals surface area contributed by atoms with E-state index in [9.17, 15) is 9.90 Å². The summed E-state index contributed by atoms with van der Waals surface area (Å²) in [6.07, 6.45) is 0. The van der Waals surface area contributed by atoms with Crippen molar-refractivity contribution in [1.29, 1.82) is 0 Å². The van der Waals surface area contributed by atoms with Crippen molar-refractivity contribution in [2.75, 3.05) is 0 Å². The summed E-state index contributed by atoms with van der Waals surface area (Å²) in [4.78, 5) is 15.7. The van der Waals surface area contributed by atoms with Gasteiger partial charge in [-0.15, -0.1) is 0 Å². The molecule has 4 aromatic rings. The Morgan fingerprint density at radius 1 is 0.929 bits per heavy atom. The average Bonchev–Trinajstić information content (AvgIpc) is 3.15. The zero-order valence-electron chi connectivity index (χ0n) is 14.7. The van der Waals surface area contributed by atoms with Gasteiger partial charge < -0.3 is 10.1 Å². The Labute approximate surface area is 166 Å². The van der Waals surface area contributed by atoms with E-state index in [1.54, 1.807) is 42.5 Å². The van der Waals surface area contributed by atoms with Crippen LogP contribution in [0.2, 0.25) is 5.02 Å². The SMILES string of the molecule is O=C(N/N=C(/c1ccc(O)cc1)c1ccc(Cl)cc1)c1cc2ccccc2[nH]1. The molecule has 0 bridgehead atoms. The molecule has 3 N–H and O–H groups in total. The predicted molar refractivity (Wildman–Crippen MR) is 111 cm³/mol. The fourth-order valence-corrected chi connectivity index (χ4v) is 3.01. The molecule has 3 aromatic carbocycles. The fraction of sp³-hybridized carbons (Fsp3) is 0. The molecule has 0 aliphatic heterocycles. The third-order valence-corrected chi connectivity index (χ3v) is 4.55. The molecule has 5 nitrogen and oxygen atoms in total. The van der Waals surface area contributed by atoms with Gasteiger partial charge in [-0.1, -0.05) is 41.9 Å². The van der Waals surface area contributed by atoms with Crippen LogP contribution in [0.15, 0.2) is 84.0 Å². The first-order chi connectivity index (χ1) is 13.6. The summed E-state index contributed by atoms with van der Waals surface area (Å²) in [5.41, 5.74) is 6.00. The monoisotopic (exact) mass is 389 g/mol. The van der Waals surface area contributed by atoms with E-state index < -0.39 is 0 Å². The van der Waals surface area contributed by atoms with E-state index in [0.717, 1.165) is 22.0 Å². The second-order valence-electron chi connectivity index (χ2n) is 6.23. The topological polar surface area (TPSA) is 77.5 Å². The summed E-state index contributed by atoms with van der Waals surface area (Å²) in [6.45, 7) is 0. The number of phenolic OH excluding ortho intramolecular Hbond substituents is 1. The maximum atomic E-state index is 12.6. The van der Waals surface area contributed by atoms with Crippen LogP contribution in [0.25, 0.3) is 10.9 Å². The number of carbonyl (C=O) groups is 1. The minimum Gasteiger partial charge on any atom is -0.508 e. The molecule has 28 heavy (non-hydrogen) atoms. The van der Waals surface area contributed by atoms with E-state index in [4.69, 9.17) is 11.6 Å². The van der Waals surface area contributed by atoms with E-state index in [-0.39, 0.29) is 11.7 Å². The van der Waals surface area contributed by atoms with Crippen LogP contribution in [-0.4, -0.2) is 21.7 Å². The lowest BCUT2D eigenvalue weighted by Crippen LogP contribution is -2.21. The molecule has 0 fully saturated rings. The number of carbonyl (C=O) groups excluding carboxylic acids is 1. The number of fused-ring (bicyclic) bond motifs is 1. The molecule has 1 heterocycles. The molecule has 0 saturated carbocycles. The van der Waals surface area contributed by atoms with Gasteiger partial charge >= 0.3 is 0 Å². The molecule has 138 valence electrons. The van der Waals surface area contributed by atoms with Crippen LogP contribution in [0.3, 0.4) is 0 Å². The van der Waals surface area contributed by atoms with E-state index in [1.165, 1.54) is 0 Å².